The van der Waals surface area contributed by atoms with E-state index in [1.54, 1.807) is 0 Å². The number of nitrogens with zero attached hydrogens (tertiary/aromatic N) is 3. The first-order valence-corrected chi connectivity index (χ1v) is 13.9. The fraction of sp³-hybridized carbons (Fsp3) is 0.679. The maximum Gasteiger partial charge on any atom is 0.325 e. The van der Waals surface area contributed by atoms with Gasteiger partial charge in [0.1, 0.15) is 5.54 Å². The third-order valence-corrected chi connectivity index (χ3v) is 8.57. The zero-order valence-electron chi connectivity index (χ0n) is 21.5. The van der Waals surface area contributed by atoms with Crippen LogP contribution in [0.5, 0.6) is 0 Å². The number of carbonyl (C=O) groups excluding carboxylic acids is 3. The van der Waals surface area contributed by atoms with E-state index in [2.05, 4.69) is 29.3 Å². The quantitative estimate of drug-likeness (QED) is 0.581. The molecule has 4 aliphatic rings. The number of nitrogens with one attached hydrogen (secondary N) is 1. The lowest BCUT2D eigenvalue weighted by Crippen LogP contribution is -2.56. The number of likely N-dealkylation sites (tertiary alicyclic amines) is 1. The van der Waals surface area contributed by atoms with Crippen molar-refractivity contribution in [3.63, 3.8) is 0 Å². The minimum absolute atomic E-state index is 0.0222. The van der Waals surface area contributed by atoms with Gasteiger partial charge in [0.15, 0.2) is 0 Å². The molecule has 0 aromatic heterocycles. The Bertz CT molecular complexity index is 947. The van der Waals surface area contributed by atoms with Crippen molar-refractivity contribution in [2.45, 2.75) is 76.4 Å². The summed E-state index contributed by atoms with van der Waals surface area (Å²) in [4.78, 5) is 45.4. The highest BCUT2D eigenvalue weighted by atomic mass is 16.5. The Morgan fingerprint density at radius 3 is 2.36 bits per heavy atom. The molecule has 8 heteroatoms. The molecular formula is C28H40N4O4. The number of amides is 4. The molecule has 4 heterocycles. The van der Waals surface area contributed by atoms with Crippen LogP contribution in [0.25, 0.3) is 0 Å². The molecule has 1 aromatic rings. The average molecular weight is 497 g/mol. The van der Waals surface area contributed by atoms with E-state index < -0.39 is 5.54 Å². The van der Waals surface area contributed by atoms with Gasteiger partial charge in [-0.1, -0.05) is 13.3 Å². The van der Waals surface area contributed by atoms with Crippen LogP contribution in [0.1, 0.15) is 75.1 Å². The predicted octanol–water partition coefficient (Wildman–Crippen LogP) is 3.80. The molecule has 196 valence electrons. The van der Waals surface area contributed by atoms with Crippen molar-refractivity contribution in [2.24, 2.45) is 5.92 Å². The Hall–Kier alpha value is -2.61. The van der Waals surface area contributed by atoms with Crippen LogP contribution in [0.3, 0.4) is 0 Å². The monoisotopic (exact) mass is 496 g/mol. The molecule has 4 saturated heterocycles. The van der Waals surface area contributed by atoms with Crippen LogP contribution in [-0.2, 0) is 9.53 Å². The zero-order valence-corrected chi connectivity index (χ0v) is 21.5. The number of anilines is 1. The van der Waals surface area contributed by atoms with Gasteiger partial charge in [0.25, 0.3) is 11.8 Å². The van der Waals surface area contributed by atoms with Crippen LogP contribution in [-0.4, -0.2) is 78.6 Å². The van der Waals surface area contributed by atoms with Crippen molar-refractivity contribution in [1.29, 1.82) is 0 Å². The second-order valence-corrected chi connectivity index (χ2v) is 10.9. The van der Waals surface area contributed by atoms with Gasteiger partial charge in [0.2, 0.25) is 0 Å². The number of rotatable bonds is 7. The first-order valence-electron chi connectivity index (χ1n) is 13.9. The third kappa shape index (κ3) is 4.84. The summed E-state index contributed by atoms with van der Waals surface area (Å²) in [5, 5.41) is 3.10. The van der Waals surface area contributed by atoms with E-state index in [1.165, 1.54) is 29.8 Å². The van der Waals surface area contributed by atoms with Gasteiger partial charge in [0, 0.05) is 44.0 Å². The summed E-state index contributed by atoms with van der Waals surface area (Å²) in [7, 11) is 0. The summed E-state index contributed by atoms with van der Waals surface area (Å²) in [5.74, 6) is -0.0400. The standard InChI is InChI=1S/C28H40N4O4/c1-2-14-28(26(34)32(27(35)29-28)20-24-7-6-19-36-24)22-12-17-31(18-13-22)25(33)21-8-10-23(11-9-21)30-15-4-3-5-16-30/h8-11,22,24H,2-7,12-20H2,1H3,(H,29,35). The van der Waals surface area contributed by atoms with Gasteiger partial charge in [-0.25, -0.2) is 4.79 Å². The summed E-state index contributed by atoms with van der Waals surface area (Å²) in [6, 6.07) is 7.73. The minimum atomic E-state index is -0.865. The molecule has 36 heavy (non-hydrogen) atoms. The summed E-state index contributed by atoms with van der Waals surface area (Å²) in [6.45, 7) is 6.44. The lowest BCUT2D eigenvalue weighted by molar-refractivity contribution is -0.135. The molecule has 0 saturated carbocycles. The highest BCUT2D eigenvalue weighted by molar-refractivity contribution is 6.07. The molecule has 4 amide bonds. The average Bonchev–Trinajstić information content (AvgIpc) is 3.52. The van der Waals surface area contributed by atoms with Crippen LogP contribution >= 0.6 is 0 Å². The van der Waals surface area contributed by atoms with Gasteiger partial charge in [0.05, 0.1) is 12.6 Å². The fourth-order valence-electron chi connectivity index (χ4n) is 6.57. The topological polar surface area (TPSA) is 82.2 Å². The summed E-state index contributed by atoms with van der Waals surface area (Å²) in [6.07, 6.45) is 8.39. The van der Waals surface area contributed by atoms with Crippen molar-refractivity contribution in [2.75, 3.05) is 44.2 Å². The number of piperidine rings is 2. The Labute approximate surface area is 214 Å². The third-order valence-electron chi connectivity index (χ3n) is 8.57. The van der Waals surface area contributed by atoms with E-state index in [1.807, 2.05) is 17.0 Å². The first kappa shape index (κ1) is 25.1. The number of urea groups is 1. The maximum absolute atomic E-state index is 13.6. The van der Waals surface area contributed by atoms with Crippen LogP contribution in [0.2, 0.25) is 0 Å². The SMILES string of the molecule is CCCC1(C2CCN(C(=O)c3ccc(N4CCCCC4)cc3)CC2)NC(=O)N(CC2CCCO2)C1=O. The molecule has 0 aliphatic carbocycles. The van der Waals surface area contributed by atoms with Gasteiger partial charge < -0.3 is 19.9 Å². The molecule has 0 radical (unpaired) electrons. The van der Waals surface area contributed by atoms with Crippen molar-refractivity contribution in [3.05, 3.63) is 29.8 Å². The molecule has 8 nitrogen and oxygen atoms in total. The van der Waals surface area contributed by atoms with Gasteiger partial charge in [-0.3, -0.25) is 14.5 Å². The largest absolute Gasteiger partial charge is 0.376 e. The maximum atomic E-state index is 13.6. The molecule has 4 fully saturated rings. The highest BCUT2D eigenvalue weighted by Crippen LogP contribution is 2.38. The van der Waals surface area contributed by atoms with E-state index in [9.17, 15) is 14.4 Å². The molecule has 5 rings (SSSR count). The van der Waals surface area contributed by atoms with Crippen molar-refractivity contribution in [1.82, 2.24) is 15.1 Å². The van der Waals surface area contributed by atoms with E-state index in [4.69, 9.17) is 4.74 Å². The van der Waals surface area contributed by atoms with E-state index >= 15 is 0 Å². The smallest absolute Gasteiger partial charge is 0.325 e. The molecule has 2 unspecified atom stereocenters. The number of ether oxygens (including phenoxy) is 1. The normalized spacial score (nSPS) is 27.6. The highest BCUT2D eigenvalue weighted by Gasteiger charge is 2.55. The molecule has 4 aliphatic heterocycles. The molecule has 0 bridgehead atoms. The second-order valence-electron chi connectivity index (χ2n) is 10.9. The number of imide groups is 1. The minimum Gasteiger partial charge on any atom is -0.376 e. The van der Waals surface area contributed by atoms with Crippen LogP contribution in [0.15, 0.2) is 24.3 Å². The van der Waals surface area contributed by atoms with Crippen LogP contribution in [0, 0.1) is 5.92 Å². The molecule has 1 aromatic carbocycles. The van der Waals surface area contributed by atoms with Gasteiger partial charge in [-0.2, -0.15) is 0 Å². The lowest BCUT2D eigenvalue weighted by Gasteiger charge is -2.41. The van der Waals surface area contributed by atoms with Gasteiger partial charge in [-0.05, 0) is 81.5 Å². The number of hydrogen-bond donors (Lipinski definition) is 1. The number of hydrogen-bond acceptors (Lipinski definition) is 5. The van der Waals surface area contributed by atoms with Crippen LogP contribution in [0.4, 0.5) is 10.5 Å². The Morgan fingerprint density at radius 2 is 1.72 bits per heavy atom. The fourth-order valence-corrected chi connectivity index (χ4v) is 6.57. The van der Waals surface area contributed by atoms with Crippen molar-refractivity contribution < 1.29 is 19.1 Å². The molecule has 0 spiro atoms. The summed E-state index contributed by atoms with van der Waals surface area (Å²) < 4.78 is 5.69. The van der Waals surface area contributed by atoms with Crippen molar-refractivity contribution in [3.8, 4) is 0 Å². The van der Waals surface area contributed by atoms with E-state index in [0.717, 1.165) is 32.4 Å². The molecule has 2 atom stereocenters. The predicted molar refractivity (Wildman–Crippen MR) is 138 cm³/mol. The van der Waals surface area contributed by atoms with Gasteiger partial charge in [-0.15, -0.1) is 0 Å². The first-order chi connectivity index (χ1) is 17.5. The van der Waals surface area contributed by atoms with Gasteiger partial charge >= 0.3 is 6.03 Å². The Kier molecular flexibility index (Phi) is 7.51. The van der Waals surface area contributed by atoms with Crippen molar-refractivity contribution >= 4 is 23.5 Å². The second kappa shape index (κ2) is 10.8. The lowest BCUT2D eigenvalue weighted by atomic mass is 9.74. The van der Waals surface area contributed by atoms with Crippen LogP contribution < -0.4 is 10.2 Å². The Balaban J connectivity index is 1.22. The zero-order chi connectivity index (χ0) is 25.1. The summed E-state index contributed by atoms with van der Waals surface area (Å²) in [5.41, 5.74) is 1.04. The summed E-state index contributed by atoms with van der Waals surface area (Å²) >= 11 is 0. The molecular weight excluding hydrogens is 456 g/mol. The molecule has 1 N–H and O–H groups in total. The van der Waals surface area contributed by atoms with E-state index in [0.29, 0.717) is 51.1 Å². The Morgan fingerprint density at radius 1 is 1.00 bits per heavy atom. The number of benzene rings is 1. The number of carbonyl (C=O) groups is 3. The van der Waals surface area contributed by atoms with E-state index in [-0.39, 0.29) is 29.9 Å².